The molecule has 0 radical (unpaired) electrons. The van der Waals surface area contributed by atoms with Gasteiger partial charge in [0, 0.05) is 64.5 Å². The Bertz CT molecular complexity index is 941. The largest absolute Gasteiger partial charge is 0.480 e. The van der Waals surface area contributed by atoms with Crippen LogP contribution < -0.4 is 11.1 Å². The molecule has 0 unspecified atom stereocenters. The molecule has 0 spiro atoms. The summed E-state index contributed by atoms with van der Waals surface area (Å²) in [6.07, 6.45) is 0. The number of primary amides is 1. The summed E-state index contributed by atoms with van der Waals surface area (Å²) in [4.78, 5) is 64.8. The molecule has 14 nitrogen and oxygen atoms in total. The summed E-state index contributed by atoms with van der Waals surface area (Å²) in [5.41, 5.74) is 6.38. The Morgan fingerprint density at radius 2 is 0.974 bits per heavy atom. The highest BCUT2D eigenvalue weighted by atomic mass is 16.4. The van der Waals surface area contributed by atoms with Crippen molar-refractivity contribution in [1.82, 2.24) is 24.9 Å². The van der Waals surface area contributed by atoms with Gasteiger partial charge in [0.25, 0.3) is 0 Å². The molecule has 1 saturated heterocycles. The van der Waals surface area contributed by atoms with Gasteiger partial charge in [-0.25, -0.2) is 0 Å². The Kier molecular flexibility index (Phi) is 12.6. The third-order valence-electron chi connectivity index (χ3n) is 6.10. The minimum Gasteiger partial charge on any atom is -0.480 e. The van der Waals surface area contributed by atoms with Crippen molar-refractivity contribution in [3.05, 3.63) is 35.4 Å². The molecule has 1 aliphatic rings. The molecule has 1 fully saturated rings. The first kappa shape index (κ1) is 30.6. The van der Waals surface area contributed by atoms with Gasteiger partial charge in [0.15, 0.2) is 0 Å². The van der Waals surface area contributed by atoms with Gasteiger partial charge in [0.1, 0.15) is 0 Å². The molecule has 210 valence electrons. The van der Waals surface area contributed by atoms with Crippen LogP contribution in [0.15, 0.2) is 24.3 Å². The van der Waals surface area contributed by atoms with Gasteiger partial charge in [-0.1, -0.05) is 12.1 Å². The first-order valence-electron chi connectivity index (χ1n) is 12.2. The van der Waals surface area contributed by atoms with Crippen LogP contribution in [0.2, 0.25) is 0 Å². The van der Waals surface area contributed by atoms with Crippen LogP contribution in [0.1, 0.15) is 15.9 Å². The van der Waals surface area contributed by atoms with Crippen LogP contribution in [0, 0.1) is 0 Å². The Balaban J connectivity index is 2.06. The topological polar surface area (TPSA) is 197 Å². The molecule has 0 atom stereocenters. The van der Waals surface area contributed by atoms with Crippen molar-refractivity contribution >= 4 is 29.7 Å². The number of hydrogen-bond acceptors (Lipinski definition) is 9. The lowest BCUT2D eigenvalue weighted by Gasteiger charge is -2.32. The fraction of sp³-hybridized carbons (Fsp3) is 0.542. The standard InChI is InChI=1S/C24H36N6O8/c25-24(38)19-3-1-18(2-4-19)13-26-20(31)14-27-5-7-28(15-21(32)33)9-11-30(17-23(36)37)12-10-29(8-6-27)16-22(34)35/h1-4H,5-17H2,(H2,25,38)(H,26,31)(H,32,33)(H,34,35)(H,36,37). The molecule has 0 saturated carbocycles. The molecule has 0 aromatic heterocycles. The van der Waals surface area contributed by atoms with Crippen molar-refractivity contribution in [2.75, 3.05) is 78.5 Å². The lowest BCUT2D eigenvalue weighted by atomic mass is 10.1. The number of nitrogens with zero attached hydrogens (tertiary/aromatic N) is 4. The zero-order chi connectivity index (χ0) is 28.1. The molecule has 2 rings (SSSR count). The van der Waals surface area contributed by atoms with Crippen LogP contribution in [-0.2, 0) is 25.7 Å². The van der Waals surface area contributed by atoms with Crippen LogP contribution in [0.5, 0.6) is 0 Å². The normalized spacial score (nSPS) is 17.2. The maximum atomic E-state index is 12.7. The maximum Gasteiger partial charge on any atom is 0.317 e. The van der Waals surface area contributed by atoms with E-state index in [1.807, 2.05) is 4.90 Å². The van der Waals surface area contributed by atoms with Crippen LogP contribution in [0.4, 0.5) is 0 Å². The lowest BCUT2D eigenvalue weighted by Crippen LogP contribution is -2.49. The first-order valence-corrected chi connectivity index (χ1v) is 12.2. The Hall–Kier alpha value is -3.59. The summed E-state index contributed by atoms with van der Waals surface area (Å²) < 4.78 is 0. The number of carbonyl (C=O) groups is 5. The van der Waals surface area contributed by atoms with E-state index in [9.17, 15) is 39.3 Å². The third kappa shape index (κ3) is 12.1. The van der Waals surface area contributed by atoms with Crippen molar-refractivity contribution in [2.24, 2.45) is 5.73 Å². The van der Waals surface area contributed by atoms with Gasteiger partial charge < -0.3 is 26.4 Å². The molecule has 14 heteroatoms. The number of carboxylic acid groups (broad SMARTS) is 3. The zero-order valence-corrected chi connectivity index (χ0v) is 21.3. The second-order valence-electron chi connectivity index (χ2n) is 9.12. The minimum absolute atomic E-state index is 0.0202. The van der Waals surface area contributed by atoms with E-state index in [4.69, 9.17) is 5.73 Å². The van der Waals surface area contributed by atoms with E-state index in [2.05, 4.69) is 5.32 Å². The van der Waals surface area contributed by atoms with E-state index in [1.165, 1.54) is 0 Å². The molecule has 38 heavy (non-hydrogen) atoms. The summed E-state index contributed by atoms with van der Waals surface area (Å²) >= 11 is 0. The number of hydrogen-bond donors (Lipinski definition) is 5. The van der Waals surface area contributed by atoms with Crippen molar-refractivity contribution in [3.63, 3.8) is 0 Å². The zero-order valence-electron chi connectivity index (χ0n) is 21.3. The summed E-state index contributed by atoms with van der Waals surface area (Å²) in [7, 11) is 0. The van der Waals surface area contributed by atoms with E-state index in [0.717, 1.165) is 5.56 Å². The van der Waals surface area contributed by atoms with Crippen molar-refractivity contribution in [2.45, 2.75) is 6.54 Å². The minimum atomic E-state index is -1.02. The Labute approximate surface area is 220 Å². The van der Waals surface area contributed by atoms with E-state index in [1.54, 1.807) is 39.0 Å². The first-order chi connectivity index (χ1) is 18.0. The summed E-state index contributed by atoms with van der Waals surface area (Å²) in [5, 5.41) is 30.7. The number of nitrogens with two attached hydrogens (primary N) is 1. The van der Waals surface area contributed by atoms with Crippen molar-refractivity contribution in [1.29, 1.82) is 0 Å². The van der Waals surface area contributed by atoms with Gasteiger partial charge in [-0.15, -0.1) is 0 Å². The number of benzene rings is 1. The van der Waals surface area contributed by atoms with Gasteiger partial charge in [-0.3, -0.25) is 43.6 Å². The molecule has 2 amide bonds. The van der Waals surface area contributed by atoms with Gasteiger partial charge in [0.2, 0.25) is 11.8 Å². The molecule has 1 aliphatic heterocycles. The smallest absolute Gasteiger partial charge is 0.317 e. The molecule has 6 N–H and O–H groups in total. The SMILES string of the molecule is NC(=O)c1ccc(CNC(=O)CN2CCN(CC(=O)O)CCN(CC(=O)O)CCN(CC(=O)O)CC2)cc1. The highest BCUT2D eigenvalue weighted by molar-refractivity contribution is 5.92. The lowest BCUT2D eigenvalue weighted by molar-refractivity contribution is -0.140. The molecule has 0 aliphatic carbocycles. The van der Waals surface area contributed by atoms with Crippen molar-refractivity contribution < 1.29 is 39.3 Å². The number of amides is 2. The van der Waals surface area contributed by atoms with Crippen molar-refractivity contribution in [3.8, 4) is 0 Å². The van der Waals surface area contributed by atoms with Gasteiger partial charge in [-0.2, -0.15) is 0 Å². The average Bonchev–Trinajstić information content (AvgIpc) is 2.83. The molecule has 1 heterocycles. The molecule has 1 aromatic rings. The van der Waals surface area contributed by atoms with Gasteiger partial charge in [0.05, 0.1) is 26.2 Å². The van der Waals surface area contributed by atoms with Crippen LogP contribution in [0.3, 0.4) is 0 Å². The van der Waals surface area contributed by atoms with Gasteiger partial charge >= 0.3 is 17.9 Å². The summed E-state index contributed by atoms with van der Waals surface area (Å²) in [6.45, 7) is 2.14. The summed E-state index contributed by atoms with van der Waals surface area (Å²) in [6, 6.07) is 6.54. The monoisotopic (exact) mass is 536 g/mol. The highest BCUT2D eigenvalue weighted by Gasteiger charge is 2.21. The predicted molar refractivity (Wildman–Crippen MR) is 135 cm³/mol. The third-order valence-corrected chi connectivity index (χ3v) is 6.10. The molecular weight excluding hydrogens is 500 g/mol. The number of carbonyl (C=O) groups excluding carboxylic acids is 2. The molecule has 0 bridgehead atoms. The van der Waals surface area contributed by atoms with E-state index >= 15 is 0 Å². The fourth-order valence-corrected chi connectivity index (χ4v) is 4.03. The maximum absolute atomic E-state index is 12.7. The number of carboxylic acids is 3. The van der Waals surface area contributed by atoms with E-state index in [0.29, 0.717) is 57.9 Å². The number of aliphatic carboxylic acids is 3. The fourth-order valence-electron chi connectivity index (χ4n) is 4.03. The Morgan fingerprint density at radius 1 is 0.632 bits per heavy atom. The molecular formula is C24H36N6O8. The van der Waals surface area contributed by atoms with E-state index < -0.39 is 23.8 Å². The van der Waals surface area contributed by atoms with Crippen LogP contribution >= 0.6 is 0 Å². The van der Waals surface area contributed by atoms with Crippen LogP contribution in [0.25, 0.3) is 0 Å². The predicted octanol–water partition coefficient (Wildman–Crippen LogP) is -2.12. The average molecular weight is 537 g/mol. The number of nitrogens with one attached hydrogen (secondary N) is 1. The van der Waals surface area contributed by atoms with Crippen LogP contribution in [-0.4, -0.2) is 143 Å². The molecule has 1 aromatic carbocycles. The number of rotatable bonds is 11. The Morgan fingerprint density at radius 3 is 1.29 bits per heavy atom. The van der Waals surface area contributed by atoms with Gasteiger partial charge in [-0.05, 0) is 17.7 Å². The summed E-state index contributed by atoms with van der Waals surface area (Å²) in [5.74, 6) is -3.85. The second kappa shape index (κ2) is 15.6. The van der Waals surface area contributed by atoms with E-state index in [-0.39, 0.29) is 38.6 Å². The quantitative estimate of drug-likeness (QED) is 0.206. The second-order valence-corrected chi connectivity index (χ2v) is 9.12. The highest BCUT2D eigenvalue weighted by Crippen LogP contribution is 2.04.